The summed E-state index contributed by atoms with van der Waals surface area (Å²) in [7, 11) is -3.73. The molecule has 1 aliphatic rings. The first-order valence-electron chi connectivity index (χ1n) is 8.11. The van der Waals surface area contributed by atoms with Crippen LogP contribution >= 0.6 is 0 Å². The maximum Gasteiger partial charge on any atom is 0.241 e. The number of sulfonamides is 1. The molecular formula is C16H25N3O4S. The topological polar surface area (TPSA) is 87.7 Å². The van der Waals surface area contributed by atoms with Gasteiger partial charge in [-0.2, -0.15) is 0 Å². The summed E-state index contributed by atoms with van der Waals surface area (Å²) in [6, 6.07) is 6.63. The van der Waals surface area contributed by atoms with Gasteiger partial charge in [0, 0.05) is 25.3 Å². The van der Waals surface area contributed by atoms with Crippen LogP contribution in [0.4, 0.5) is 5.69 Å². The molecule has 0 bridgehead atoms. The van der Waals surface area contributed by atoms with E-state index in [-0.39, 0.29) is 12.0 Å². The number of nitrogens with zero attached hydrogens (tertiary/aromatic N) is 1. The van der Waals surface area contributed by atoms with Gasteiger partial charge in [-0.05, 0) is 51.1 Å². The maximum atomic E-state index is 12.2. The zero-order valence-electron chi connectivity index (χ0n) is 14.1. The molecule has 1 heterocycles. The Morgan fingerprint density at radius 3 is 2.62 bits per heavy atom. The molecule has 1 aromatic carbocycles. The van der Waals surface area contributed by atoms with Gasteiger partial charge in [-0.1, -0.05) is 0 Å². The van der Waals surface area contributed by atoms with E-state index in [2.05, 4.69) is 10.0 Å². The number of rotatable bonds is 6. The van der Waals surface area contributed by atoms with Crippen molar-refractivity contribution in [2.45, 2.75) is 26.4 Å². The summed E-state index contributed by atoms with van der Waals surface area (Å²) in [4.78, 5) is 13.8. The lowest BCUT2D eigenvalue weighted by atomic mass is 10.3. The van der Waals surface area contributed by atoms with Crippen LogP contribution in [0.15, 0.2) is 24.3 Å². The number of ether oxygens (including phenoxy) is 1. The fraction of sp³-hybridized carbons (Fsp3) is 0.562. The lowest BCUT2D eigenvalue weighted by Crippen LogP contribution is -2.39. The molecule has 24 heavy (non-hydrogen) atoms. The third-order valence-electron chi connectivity index (χ3n) is 3.51. The molecule has 1 aromatic rings. The van der Waals surface area contributed by atoms with Gasteiger partial charge in [-0.3, -0.25) is 9.52 Å². The van der Waals surface area contributed by atoms with Crippen LogP contribution in [0.5, 0.6) is 5.75 Å². The van der Waals surface area contributed by atoms with Gasteiger partial charge in [-0.25, -0.2) is 8.42 Å². The summed E-state index contributed by atoms with van der Waals surface area (Å²) >= 11 is 0. The molecule has 1 fully saturated rings. The lowest BCUT2D eigenvalue weighted by molar-refractivity contribution is -0.128. The molecule has 0 radical (unpaired) electrons. The van der Waals surface area contributed by atoms with E-state index in [0.29, 0.717) is 31.1 Å². The van der Waals surface area contributed by atoms with Crippen molar-refractivity contribution in [2.75, 3.05) is 36.7 Å². The van der Waals surface area contributed by atoms with Crippen LogP contribution in [-0.4, -0.2) is 57.3 Å². The first-order valence-corrected chi connectivity index (χ1v) is 9.77. The number of amides is 1. The Morgan fingerprint density at radius 2 is 1.96 bits per heavy atom. The standard InChI is InChI=1S/C16H25N3O4S/c1-13(2)23-15-6-4-14(5-7-15)18-24(21,22)12-16(20)19-10-3-8-17-9-11-19/h4-7,13,17-18H,3,8-12H2,1-2H3. The second kappa shape index (κ2) is 8.34. The first-order chi connectivity index (χ1) is 11.4. The van der Waals surface area contributed by atoms with Crippen molar-refractivity contribution >= 4 is 21.6 Å². The summed E-state index contributed by atoms with van der Waals surface area (Å²) in [5.41, 5.74) is 0.413. The third kappa shape index (κ3) is 6.01. The number of hydrogen-bond acceptors (Lipinski definition) is 5. The summed E-state index contributed by atoms with van der Waals surface area (Å²) in [5, 5.41) is 3.18. The van der Waals surface area contributed by atoms with E-state index >= 15 is 0 Å². The van der Waals surface area contributed by atoms with Gasteiger partial charge in [-0.15, -0.1) is 0 Å². The van der Waals surface area contributed by atoms with E-state index in [1.807, 2.05) is 13.8 Å². The van der Waals surface area contributed by atoms with Gasteiger partial charge in [0.15, 0.2) is 0 Å². The van der Waals surface area contributed by atoms with Crippen LogP contribution in [0.25, 0.3) is 0 Å². The van der Waals surface area contributed by atoms with Crippen LogP contribution in [-0.2, 0) is 14.8 Å². The molecule has 0 unspecified atom stereocenters. The van der Waals surface area contributed by atoms with E-state index in [1.54, 1.807) is 29.2 Å². The number of nitrogens with one attached hydrogen (secondary N) is 2. The maximum absolute atomic E-state index is 12.2. The zero-order chi connectivity index (χ0) is 17.6. The SMILES string of the molecule is CC(C)Oc1ccc(NS(=O)(=O)CC(=O)N2CCCNCC2)cc1. The monoisotopic (exact) mass is 355 g/mol. The quantitative estimate of drug-likeness (QED) is 0.796. The molecule has 8 heteroatoms. The molecule has 1 aliphatic heterocycles. The second-order valence-corrected chi connectivity index (χ2v) is 7.76. The van der Waals surface area contributed by atoms with E-state index in [4.69, 9.17) is 4.74 Å². The number of benzene rings is 1. The molecule has 0 aliphatic carbocycles. The Labute approximate surface area is 143 Å². The number of hydrogen-bond donors (Lipinski definition) is 2. The highest BCUT2D eigenvalue weighted by Crippen LogP contribution is 2.18. The number of anilines is 1. The van der Waals surface area contributed by atoms with Gasteiger partial charge >= 0.3 is 0 Å². The molecule has 0 saturated carbocycles. The van der Waals surface area contributed by atoms with Crippen molar-refractivity contribution in [3.05, 3.63) is 24.3 Å². The fourth-order valence-corrected chi connectivity index (χ4v) is 3.51. The largest absolute Gasteiger partial charge is 0.491 e. The summed E-state index contributed by atoms with van der Waals surface area (Å²) < 4.78 is 32.3. The molecule has 1 saturated heterocycles. The average molecular weight is 355 g/mol. The molecular weight excluding hydrogens is 330 g/mol. The van der Waals surface area contributed by atoms with Gasteiger partial charge in [0.05, 0.1) is 6.10 Å². The normalized spacial score (nSPS) is 15.9. The summed E-state index contributed by atoms with van der Waals surface area (Å²) in [6.07, 6.45) is 0.879. The highest BCUT2D eigenvalue weighted by atomic mass is 32.2. The van der Waals surface area contributed by atoms with Gasteiger partial charge in [0.25, 0.3) is 0 Å². The third-order valence-corrected chi connectivity index (χ3v) is 4.68. The van der Waals surface area contributed by atoms with Crippen LogP contribution in [0.3, 0.4) is 0 Å². The van der Waals surface area contributed by atoms with Crippen LogP contribution < -0.4 is 14.8 Å². The number of carbonyl (C=O) groups is 1. The smallest absolute Gasteiger partial charge is 0.241 e. The average Bonchev–Trinajstić information content (AvgIpc) is 2.77. The summed E-state index contributed by atoms with van der Waals surface area (Å²) in [6.45, 7) is 6.50. The Kier molecular flexibility index (Phi) is 6.44. The van der Waals surface area contributed by atoms with Crippen molar-refractivity contribution in [2.24, 2.45) is 0 Å². The minimum absolute atomic E-state index is 0.0493. The van der Waals surface area contributed by atoms with Gasteiger partial charge in [0.2, 0.25) is 15.9 Å². The molecule has 0 atom stereocenters. The minimum atomic E-state index is -3.73. The highest BCUT2D eigenvalue weighted by molar-refractivity contribution is 7.93. The Hall–Kier alpha value is -1.80. The van der Waals surface area contributed by atoms with Crippen LogP contribution in [0, 0.1) is 0 Å². The lowest BCUT2D eigenvalue weighted by Gasteiger charge is -2.20. The van der Waals surface area contributed by atoms with E-state index in [9.17, 15) is 13.2 Å². The fourth-order valence-electron chi connectivity index (χ4n) is 2.44. The molecule has 2 rings (SSSR count). The summed E-state index contributed by atoms with van der Waals surface area (Å²) in [5.74, 6) is -0.246. The second-order valence-electron chi connectivity index (χ2n) is 6.04. The minimum Gasteiger partial charge on any atom is -0.491 e. The highest BCUT2D eigenvalue weighted by Gasteiger charge is 2.22. The van der Waals surface area contributed by atoms with Crippen LogP contribution in [0.2, 0.25) is 0 Å². The van der Waals surface area contributed by atoms with Gasteiger partial charge < -0.3 is 15.0 Å². The van der Waals surface area contributed by atoms with Gasteiger partial charge in [0.1, 0.15) is 11.5 Å². The molecule has 0 aromatic heterocycles. The molecule has 0 spiro atoms. The van der Waals surface area contributed by atoms with Crippen molar-refractivity contribution in [3.8, 4) is 5.75 Å². The molecule has 134 valence electrons. The number of carbonyl (C=O) groups excluding carboxylic acids is 1. The Morgan fingerprint density at radius 1 is 1.25 bits per heavy atom. The van der Waals surface area contributed by atoms with Crippen LogP contribution in [0.1, 0.15) is 20.3 Å². The predicted molar refractivity (Wildman–Crippen MR) is 93.7 cm³/mol. The molecule has 2 N–H and O–H groups in total. The zero-order valence-corrected chi connectivity index (χ0v) is 14.9. The first kappa shape index (κ1) is 18.5. The van der Waals surface area contributed by atoms with Crippen molar-refractivity contribution in [1.29, 1.82) is 0 Å². The van der Waals surface area contributed by atoms with E-state index in [0.717, 1.165) is 13.0 Å². The molecule has 1 amide bonds. The molecule has 7 nitrogen and oxygen atoms in total. The Bertz CT molecular complexity index is 636. The van der Waals surface area contributed by atoms with E-state index in [1.165, 1.54) is 0 Å². The van der Waals surface area contributed by atoms with Crippen molar-refractivity contribution in [3.63, 3.8) is 0 Å². The van der Waals surface area contributed by atoms with E-state index < -0.39 is 15.8 Å². The van der Waals surface area contributed by atoms with Crippen molar-refractivity contribution in [1.82, 2.24) is 10.2 Å². The van der Waals surface area contributed by atoms with Crippen molar-refractivity contribution < 1.29 is 17.9 Å². The predicted octanol–water partition coefficient (Wildman–Crippen LogP) is 1.04. The Balaban J connectivity index is 1.93.